The molecule has 7 heteroatoms. The summed E-state index contributed by atoms with van der Waals surface area (Å²) in [4.78, 5) is 12.3. The summed E-state index contributed by atoms with van der Waals surface area (Å²) >= 11 is 0. The number of hydrogen-bond donors (Lipinski definition) is 1. The number of carbonyl (C=O) groups is 1. The summed E-state index contributed by atoms with van der Waals surface area (Å²) in [5.74, 6) is -1.93. The van der Waals surface area contributed by atoms with E-state index in [2.05, 4.69) is 0 Å². The van der Waals surface area contributed by atoms with Gasteiger partial charge in [-0.2, -0.15) is 13.2 Å². The lowest BCUT2D eigenvalue weighted by atomic mass is 10.1. The number of rotatable bonds is 6. The average molecular weight is 307 g/mol. The summed E-state index contributed by atoms with van der Waals surface area (Å²) in [5, 5.41) is 8.82. The van der Waals surface area contributed by atoms with Crippen molar-refractivity contribution in [2.45, 2.75) is 26.6 Å². The van der Waals surface area contributed by atoms with Gasteiger partial charge in [0.05, 0.1) is 12.1 Å². The van der Waals surface area contributed by atoms with Crippen LogP contribution in [0.25, 0.3) is 0 Å². The van der Waals surface area contributed by atoms with Crippen molar-refractivity contribution in [2.24, 2.45) is 5.92 Å². The molecule has 0 bridgehead atoms. The fraction of sp³-hybridized carbons (Fsp3) is 0.500. The zero-order valence-corrected chi connectivity index (χ0v) is 11.7. The molecule has 0 radical (unpaired) electrons. The standard InChI is InChI=1S/C14H17F4NO2/c1-9(2)6-19(8-13(20)21)7-10-3-11(14(16,17)18)5-12(15)4-10/h3-5,9H,6-8H2,1-2H3,(H,20,21). The van der Waals surface area contributed by atoms with E-state index < -0.39 is 23.5 Å². The minimum atomic E-state index is -4.63. The Labute approximate surface area is 120 Å². The van der Waals surface area contributed by atoms with Gasteiger partial charge in [0.15, 0.2) is 0 Å². The van der Waals surface area contributed by atoms with Crippen LogP contribution in [-0.4, -0.2) is 29.1 Å². The molecule has 0 aliphatic carbocycles. The van der Waals surface area contributed by atoms with Crippen molar-refractivity contribution in [2.75, 3.05) is 13.1 Å². The third-order valence-electron chi connectivity index (χ3n) is 2.67. The zero-order chi connectivity index (χ0) is 16.2. The summed E-state index contributed by atoms with van der Waals surface area (Å²) in [7, 11) is 0. The number of nitrogens with zero attached hydrogens (tertiary/aromatic N) is 1. The van der Waals surface area contributed by atoms with E-state index in [4.69, 9.17) is 5.11 Å². The summed E-state index contributed by atoms with van der Waals surface area (Å²) < 4.78 is 51.2. The molecule has 21 heavy (non-hydrogen) atoms. The fourth-order valence-electron chi connectivity index (χ4n) is 2.06. The molecule has 0 saturated heterocycles. The maximum absolute atomic E-state index is 13.3. The van der Waals surface area contributed by atoms with Crippen LogP contribution in [-0.2, 0) is 17.5 Å². The number of aliphatic carboxylic acids is 1. The molecule has 0 unspecified atom stereocenters. The second-order valence-electron chi connectivity index (χ2n) is 5.30. The normalized spacial score (nSPS) is 12.2. The maximum atomic E-state index is 13.3. The van der Waals surface area contributed by atoms with Crippen molar-refractivity contribution in [1.29, 1.82) is 0 Å². The first-order valence-electron chi connectivity index (χ1n) is 6.38. The third kappa shape index (κ3) is 6.12. The van der Waals surface area contributed by atoms with Gasteiger partial charge in [-0.15, -0.1) is 0 Å². The number of carboxylic acid groups (broad SMARTS) is 1. The lowest BCUT2D eigenvalue weighted by molar-refractivity contribution is -0.139. The molecule has 0 aliphatic heterocycles. The van der Waals surface area contributed by atoms with E-state index in [1.807, 2.05) is 13.8 Å². The Morgan fingerprint density at radius 3 is 2.38 bits per heavy atom. The molecule has 1 N–H and O–H groups in total. The smallest absolute Gasteiger partial charge is 0.416 e. The van der Waals surface area contributed by atoms with Gasteiger partial charge in [0.25, 0.3) is 0 Å². The Hall–Kier alpha value is -1.63. The summed E-state index contributed by atoms with van der Waals surface area (Å²) in [5.41, 5.74) is -0.971. The van der Waals surface area contributed by atoms with Gasteiger partial charge in [-0.05, 0) is 29.7 Å². The van der Waals surface area contributed by atoms with E-state index in [0.29, 0.717) is 12.6 Å². The molecule has 0 amide bonds. The summed E-state index contributed by atoms with van der Waals surface area (Å²) in [6, 6.07) is 2.26. The topological polar surface area (TPSA) is 40.5 Å². The van der Waals surface area contributed by atoms with Crippen LogP contribution in [0.3, 0.4) is 0 Å². The molecule has 1 aromatic carbocycles. The van der Waals surface area contributed by atoms with E-state index in [0.717, 1.165) is 12.1 Å². The van der Waals surface area contributed by atoms with E-state index in [-0.39, 0.29) is 24.6 Å². The molecule has 0 saturated carbocycles. The number of benzene rings is 1. The van der Waals surface area contributed by atoms with Crippen LogP contribution >= 0.6 is 0 Å². The van der Waals surface area contributed by atoms with Crippen LogP contribution in [0, 0.1) is 11.7 Å². The van der Waals surface area contributed by atoms with E-state index in [1.54, 1.807) is 0 Å². The molecule has 0 spiro atoms. The number of carboxylic acids is 1. The van der Waals surface area contributed by atoms with Gasteiger partial charge in [-0.25, -0.2) is 4.39 Å². The summed E-state index contributed by atoms with van der Waals surface area (Å²) in [6.45, 7) is 3.76. The molecule has 0 fully saturated rings. The number of alkyl halides is 3. The molecule has 118 valence electrons. The molecule has 0 aromatic heterocycles. The van der Waals surface area contributed by atoms with Crippen LogP contribution in [0.5, 0.6) is 0 Å². The predicted molar refractivity (Wildman–Crippen MR) is 69.2 cm³/mol. The average Bonchev–Trinajstić information content (AvgIpc) is 2.24. The van der Waals surface area contributed by atoms with Crippen LogP contribution in [0.4, 0.5) is 17.6 Å². The van der Waals surface area contributed by atoms with Crippen molar-refractivity contribution >= 4 is 5.97 Å². The first kappa shape index (κ1) is 17.4. The molecule has 0 aliphatic rings. The van der Waals surface area contributed by atoms with Crippen molar-refractivity contribution in [3.63, 3.8) is 0 Å². The molecule has 1 rings (SSSR count). The first-order valence-corrected chi connectivity index (χ1v) is 6.38. The summed E-state index contributed by atoms with van der Waals surface area (Å²) in [6.07, 6.45) is -4.63. The van der Waals surface area contributed by atoms with Gasteiger partial charge in [0.1, 0.15) is 5.82 Å². The highest BCUT2D eigenvalue weighted by molar-refractivity contribution is 5.69. The van der Waals surface area contributed by atoms with Gasteiger partial charge in [-0.1, -0.05) is 13.8 Å². The SMILES string of the molecule is CC(C)CN(CC(=O)O)Cc1cc(F)cc(C(F)(F)F)c1. The van der Waals surface area contributed by atoms with E-state index in [1.165, 1.54) is 4.90 Å². The minimum absolute atomic E-state index is 0.0503. The predicted octanol–water partition coefficient (Wildman–Crippen LogP) is 3.39. The van der Waals surface area contributed by atoms with Crippen LogP contribution < -0.4 is 0 Å². The Bertz CT molecular complexity index is 500. The lowest BCUT2D eigenvalue weighted by Gasteiger charge is -2.22. The quantitative estimate of drug-likeness (QED) is 0.819. The Balaban J connectivity index is 2.97. The Kier molecular flexibility index (Phi) is 5.71. The van der Waals surface area contributed by atoms with Crippen LogP contribution in [0.15, 0.2) is 18.2 Å². The van der Waals surface area contributed by atoms with Gasteiger partial charge in [0, 0.05) is 13.1 Å². The van der Waals surface area contributed by atoms with E-state index in [9.17, 15) is 22.4 Å². The molecule has 0 heterocycles. The van der Waals surface area contributed by atoms with Crippen molar-refractivity contribution in [3.05, 3.63) is 35.1 Å². The van der Waals surface area contributed by atoms with Gasteiger partial charge in [-0.3, -0.25) is 9.69 Å². The Morgan fingerprint density at radius 1 is 1.29 bits per heavy atom. The number of halogens is 4. The van der Waals surface area contributed by atoms with Crippen molar-refractivity contribution < 1.29 is 27.5 Å². The van der Waals surface area contributed by atoms with Gasteiger partial charge >= 0.3 is 12.1 Å². The molecule has 0 atom stereocenters. The largest absolute Gasteiger partial charge is 0.480 e. The molecule has 3 nitrogen and oxygen atoms in total. The highest BCUT2D eigenvalue weighted by Crippen LogP contribution is 2.30. The lowest BCUT2D eigenvalue weighted by Crippen LogP contribution is -2.32. The highest BCUT2D eigenvalue weighted by atomic mass is 19.4. The van der Waals surface area contributed by atoms with Crippen molar-refractivity contribution in [1.82, 2.24) is 4.90 Å². The second-order valence-corrected chi connectivity index (χ2v) is 5.30. The minimum Gasteiger partial charge on any atom is -0.480 e. The number of hydrogen-bond acceptors (Lipinski definition) is 2. The van der Waals surface area contributed by atoms with Gasteiger partial charge < -0.3 is 5.11 Å². The van der Waals surface area contributed by atoms with E-state index >= 15 is 0 Å². The zero-order valence-electron chi connectivity index (χ0n) is 11.7. The first-order chi connectivity index (χ1) is 9.57. The third-order valence-corrected chi connectivity index (χ3v) is 2.67. The van der Waals surface area contributed by atoms with Crippen LogP contribution in [0.2, 0.25) is 0 Å². The Morgan fingerprint density at radius 2 is 1.90 bits per heavy atom. The molecular weight excluding hydrogens is 290 g/mol. The highest BCUT2D eigenvalue weighted by Gasteiger charge is 2.31. The second kappa shape index (κ2) is 6.89. The maximum Gasteiger partial charge on any atom is 0.416 e. The molecule has 1 aromatic rings. The molecular formula is C14H17F4NO2. The monoisotopic (exact) mass is 307 g/mol. The van der Waals surface area contributed by atoms with Crippen LogP contribution in [0.1, 0.15) is 25.0 Å². The van der Waals surface area contributed by atoms with Gasteiger partial charge in [0.2, 0.25) is 0 Å². The fourth-order valence-corrected chi connectivity index (χ4v) is 2.06. The van der Waals surface area contributed by atoms with Crippen molar-refractivity contribution in [3.8, 4) is 0 Å².